The minimum Gasteiger partial charge on any atom is -0.357 e. The number of hydrogen-bond acceptors (Lipinski definition) is 4. The van der Waals surface area contributed by atoms with Crippen LogP contribution in [-0.2, 0) is 6.42 Å². The lowest BCUT2D eigenvalue weighted by Gasteiger charge is -2.27. The highest BCUT2D eigenvalue weighted by molar-refractivity contribution is 5.81. The molecule has 2 aromatic carbocycles. The van der Waals surface area contributed by atoms with E-state index in [2.05, 4.69) is 40.8 Å². The number of nitrogens with zero attached hydrogens (tertiary/aromatic N) is 4. The standard InChI is InChI=1S/C25H25FN4/c1-3-24-22(5-4-12-28-24)23-15-19(16-27)6-11-25(23)30-14-13-29(17-30)18(2)20-7-9-21(26)10-8-20/h4-12,15,18H,3,13-14,17H2,1-2H3. The summed E-state index contributed by atoms with van der Waals surface area (Å²) < 4.78 is 13.3. The van der Waals surface area contributed by atoms with Crippen LogP contribution in [0.25, 0.3) is 11.1 Å². The number of pyridine rings is 1. The van der Waals surface area contributed by atoms with Crippen LogP contribution in [0, 0.1) is 17.1 Å². The first-order valence-corrected chi connectivity index (χ1v) is 10.3. The predicted molar refractivity (Wildman–Crippen MR) is 118 cm³/mol. The van der Waals surface area contributed by atoms with Crippen molar-refractivity contribution in [3.63, 3.8) is 0 Å². The first-order valence-electron chi connectivity index (χ1n) is 10.3. The number of aryl methyl sites for hydroxylation is 1. The van der Waals surface area contributed by atoms with Gasteiger partial charge in [-0.05, 0) is 55.3 Å². The molecule has 5 heteroatoms. The summed E-state index contributed by atoms with van der Waals surface area (Å²) >= 11 is 0. The van der Waals surface area contributed by atoms with E-state index in [1.54, 1.807) is 0 Å². The smallest absolute Gasteiger partial charge is 0.123 e. The summed E-state index contributed by atoms with van der Waals surface area (Å²) in [4.78, 5) is 9.28. The zero-order chi connectivity index (χ0) is 21.1. The molecule has 0 bridgehead atoms. The topological polar surface area (TPSA) is 43.2 Å². The first-order chi connectivity index (χ1) is 14.6. The Morgan fingerprint density at radius 2 is 1.90 bits per heavy atom. The Kier molecular flexibility index (Phi) is 5.78. The van der Waals surface area contributed by atoms with Gasteiger partial charge in [-0.3, -0.25) is 9.88 Å². The van der Waals surface area contributed by atoms with Crippen LogP contribution in [0.5, 0.6) is 0 Å². The number of nitriles is 1. The molecular formula is C25H25FN4. The molecule has 0 saturated carbocycles. The molecule has 152 valence electrons. The molecule has 3 aromatic rings. The van der Waals surface area contributed by atoms with E-state index in [9.17, 15) is 9.65 Å². The number of rotatable bonds is 5. The van der Waals surface area contributed by atoms with Crippen LogP contribution in [0.15, 0.2) is 60.8 Å². The Morgan fingerprint density at radius 3 is 2.63 bits per heavy atom. The van der Waals surface area contributed by atoms with E-state index in [4.69, 9.17) is 0 Å². The Labute approximate surface area is 177 Å². The molecule has 0 radical (unpaired) electrons. The van der Waals surface area contributed by atoms with Crippen LogP contribution < -0.4 is 4.90 Å². The quantitative estimate of drug-likeness (QED) is 0.593. The summed E-state index contributed by atoms with van der Waals surface area (Å²) in [5.41, 5.74) is 6.04. The maximum absolute atomic E-state index is 13.3. The molecule has 1 saturated heterocycles. The molecule has 0 N–H and O–H groups in total. The number of halogens is 1. The minimum atomic E-state index is -0.209. The summed E-state index contributed by atoms with van der Waals surface area (Å²) in [5, 5.41) is 9.44. The summed E-state index contributed by atoms with van der Waals surface area (Å²) in [6.45, 7) is 6.85. The highest BCUT2D eigenvalue weighted by Crippen LogP contribution is 2.36. The third kappa shape index (κ3) is 3.92. The molecule has 1 atom stereocenters. The molecule has 0 spiro atoms. The van der Waals surface area contributed by atoms with Crippen molar-refractivity contribution >= 4 is 5.69 Å². The van der Waals surface area contributed by atoms with Crippen molar-refractivity contribution in [2.24, 2.45) is 0 Å². The normalized spacial score (nSPS) is 15.2. The summed E-state index contributed by atoms with van der Waals surface area (Å²) in [6, 6.07) is 19.2. The largest absolute Gasteiger partial charge is 0.357 e. The average molecular weight is 401 g/mol. The van der Waals surface area contributed by atoms with E-state index in [1.807, 2.05) is 42.6 Å². The van der Waals surface area contributed by atoms with Gasteiger partial charge >= 0.3 is 0 Å². The lowest BCUT2D eigenvalue weighted by molar-refractivity contribution is 0.265. The second-order valence-electron chi connectivity index (χ2n) is 7.64. The van der Waals surface area contributed by atoms with Crippen molar-refractivity contribution in [1.82, 2.24) is 9.88 Å². The van der Waals surface area contributed by atoms with Crippen LogP contribution in [0.4, 0.5) is 10.1 Å². The lowest BCUT2D eigenvalue weighted by Crippen LogP contribution is -2.28. The molecular weight excluding hydrogens is 375 g/mol. The van der Waals surface area contributed by atoms with Crippen molar-refractivity contribution in [3.8, 4) is 17.2 Å². The monoisotopic (exact) mass is 400 g/mol. The molecule has 1 aromatic heterocycles. The summed E-state index contributed by atoms with van der Waals surface area (Å²) in [6.07, 6.45) is 2.65. The van der Waals surface area contributed by atoms with Crippen molar-refractivity contribution in [1.29, 1.82) is 5.26 Å². The molecule has 1 aliphatic heterocycles. The molecule has 30 heavy (non-hydrogen) atoms. The van der Waals surface area contributed by atoms with Crippen LogP contribution in [0.1, 0.15) is 36.7 Å². The third-order valence-electron chi connectivity index (χ3n) is 5.89. The lowest BCUT2D eigenvalue weighted by atomic mass is 9.98. The van der Waals surface area contributed by atoms with Gasteiger partial charge in [-0.2, -0.15) is 5.26 Å². The first kappa shape index (κ1) is 20.1. The zero-order valence-electron chi connectivity index (χ0n) is 17.3. The number of aromatic nitrogens is 1. The molecule has 0 aliphatic carbocycles. The van der Waals surface area contributed by atoms with Crippen molar-refractivity contribution in [2.45, 2.75) is 26.3 Å². The number of hydrogen-bond donors (Lipinski definition) is 0. The van der Waals surface area contributed by atoms with Gasteiger partial charge < -0.3 is 4.90 Å². The molecule has 1 fully saturated rings. The summed E-state index contributed by atoms with van der Waals surface area (Å²) in [5.74, 6) is -0.209. The Morgan fingerprint density at radius 1 is 1.10 bits per heavy atom. The average Bonchev–Trinajstić information content (AvgIpc) is 3.28. The van der Waals surface area contributed by atoms with Gasteiger partial charge in [0.15, 0.2) is 0 Å². The highest BCUT2D eigenvalue weighted by atomic mass is 19.1. The van der Waals surface area contributed by atoms with E-state index >= 15 is 0 Å². The molecule has 1 unspecified atom stereocenters. The van der Waals surface area contributed by atoms with Crippen LogP contribution >= 0.6 is 0 Å². The maximum Gasteiger partial charge on any atom is 0.123 e. The minimum absolute atomic E-state index is 0.196. The van der Waals surface area contributed by atoms with Gasteiger partial charge in [0.25, 0.3) is 0 Å². The fourth-order valence-corrected chi connectivity index (χ4v) is 4.14. The van der Waals surface area contributed by atoms with Crippen LogP contribution in [0.3, 0.4) is 0 Å². The van der Waals surface area contributed by atoms with Gasteiger partial charge in [0.1, 0.15) is 5.82 Å². The fraction of sp³-hybridized carbons (Fsp3) is 0.280. The van der Waals surface area contributed by atoms with Crippen LogP contribution in [-0.4, -0.2) is 29.6 Å². The van der Waals surface area contributed by atoms with E-state index in [-0.39, 0.29) is 11.9 Å². The van der Waals surface area contributed by atoms with Gasteiger partial charge in [0.05, 0.1) is 18.3 Å². The fourth-order valence-electron chi connectivity index (χ4n) is 4.14. The van der Waals surface area contributed by atoms with E-state index in [0.29, 0.717) is 5.56 Å². The molecule has 4 rings (SSSR count). The maximum atomic E-state index is 13.3. The molecule has 2 heterocycles. The van der Waals surface area contributed by atoms with Gasteiger partial charge in [-0.1, -0.05) is 25.1 Å². The second-order valence-corrected chi connectivity index (χ2v) is 7.64. The number of benzene rings is 2. The van der Waals surface area contributed by atoms with Gasteiger partial charge in [-0.25, -0.2) is 4.39 Å². The van der Waals surface area contributed by atoms with Crippen molar-refractivity contribution in [2.75, 3.05) is 24.7 Å². The van der Waals surface area contributed by atoms with Gasteiger partial charge in [-0.15, -0.1) is 0 Å². The van der Waals surface area contributed by atoms with Crippen LogP contribution in [0.2, 0.25) is 0 Å². The second kappa shape index (κ2) is 8.64. The van der Waals surface area contributed by atoms with Crippen molar-refractivity contribution < 1.29 is 4.39 Å². The van der Waals surface area contributed by atoms with Crippen molar-refractivity contribution in [3.05, 3.63) is 83.4 Å². The Balaban J connectivity index is 1.65. The van der Waals surface area contributed by atoms with Gasteiger partial charge in [0.2, 0.25) is 0 Å². The molecule has 1 aliphatic rings. The van der Waals surface area contributed by atoms with E-state index in [0.717, 1.165) is 54.3 Å². The van der Waals surface area contributed by atoms with E-state index < -0.39 is 0 Å². The highest BCUT2D eigenvalue weighted by Gasteiger charge is 2.27. The Bertz CT molecular complexity index is 1070. The predicted octanol–water partition coefficient (Wildman–Crippen LogP) is 5.16. The zero-order valence-corrected chi connectivity index (χ0v) is 17.3. The number of anilines is 1. The third-order valence-corrected chi connectivity index (χ3v) is 5.89. The molecule has 4 nitrogen and oxygen atoms in total. The summed E-state index contributed by atoms with van der Waals surface area (Å²) in [7, 11) is 0. The van der Waals surface area contributed by atoms with E-state index in [1.165, 1.54) is 12.1 Å². The molecule has 0 amide bonds. The van der Waals surface area contributed by atoms with Gasteiger partial charge in [0, 0.05) is 47.8 Å². The SMILES string of the molecule is CCc1ncccc1-c1cc(C#N)ccc1N1CCN(C(C)c2ccc(F)cc2)C1. The Hall–Kier alpha value is -3.23.